The summed E-state index contributed by atoms with van der Waals surface area (Å²) >= 11 is 0. The fourth-order valence-electron chi connectivity index (χ4n) is 2.12. The number of nitrogens with zero attached hydrogens (tertiary/aromatic N) is 1. The van der Waals surface area contributed by atoms with E-state index in [9.17, 15) is 0 Å². The second kappa shape index (κ2) is 5.93. The molecule has 2 N–H and O–H groups in total. The van der Waals surface area contributed by atoms with E-state index in [2.05, 4.69) is 49.0 Å². The Balaban J connectivity index is 2.11. The summed E-state index contributed by atoms with van der Waals surface area (Å²) in [7, 11) is 1.69. The number of aromatic nitrogens is 1. The van der Waals surface area contributed by atoms with Crippen molar-refractivity contribution in [3.05, 3.63) is 53.9 Å². The largest absolute Gasteiger partial charge is 0.497 e. The lowest BCUT2D eigenvalue weighted by Gasteiger charge is -2.13. The third kappa shape index (κ3) is 3.38. The maximum Gasteiger partial charge on any atom is 0.119 e. The van der Waals surface area contributed by atoms with Gasteiger partial charge in [-0.1, -0.05) is 26.0 Å². The number of hydrogen-bond donors (Lipinski definition) is 1. The topological polar surface area (TPSA) is 40.2 Å². The number of rotatable bonds is 5. The molecule has 3 nitrogen and oxygen atoms in total. The number of benzene rings is 1. The SMILES string of the molecule is COc1cccc(Cn2ccc(C(N)C(C)C)c2)c1. The molecule has 0 aliphatic rings. The molecule has 0 saturated heterocycles. The summed E-state index contributed by atoms with van der Waals surface area (Å²) in [6.45, 7) is 5.12. The van der Waals surface area contributed by atoms with Gasteiger partial charge in [0.1, 0.15) is 5.75 Å². The minimum atomic E-state index is 0.103. The molecule has 19 heavy (non-hydrogen) atoms. The summed E-state index contributed by atoms with van der Waals surface area (Å²) in [5.41, 5.74) is 8.57. The van der Waals surface area contributed by atoms with E-state index in [0.717, 1.165) is 12.3 Å². The molecule has 0 spiro atoms. The van der Waals surface area contributed by atoms with Crippen LogP contribution in [0.5, 0.6) is 5.75 Å². The molecule has 1 atom stereocenters. The molecule has 1 heterocycles. The first-order valence-corrected chi connectivity index (χ1v) is 6.64. The van der Waals surface area contributed by atoms with Gasteiger partial charge in [-0.3, -0.25) is 0 Å². The van der Waals surface area contributed by atoms with Crippen LogP contribution < -0.4 is 10.5 Å². The third-order valence-electron chi connectivity index (χ3n) is 3.38. The van der Waals surface area contributed by atoms with Crippen LogP contribution in [0.4, 0.5) is 0 Å². The average Bonchev–Trinajstić information content (AvgIpc) is 2.86. The molecule has 3 heteroatoms. The number of nitrogens with two attached hydrogens (primary N) is 1. The smallest absolute Gasteiger partial charge is 0.119 e. The van der Waals surface area contributed by atoms with Crippen molar-refractivity contribution < 1.29 is 4.74 Å². The van der Waals surface area contributed by atoms with Gasteiger partial charge in [-0.15, -0.1) is 0 Å². The molecule has 102 valence electrons. The van der Waals surface area contributed by atoms with Crippen LogP contribution >= 0.6 is 0 Å². The lowest BCUT2D eigenvalue weighted by molar-refractivity contribution is 0.414. The van der Waals surface area contributed by atoms with Gasteiger partial charge in [0.15, 0.2) is 0 Å². The first kappa shape index (κ1) is 13.7. The molecule has 2 rings (SSSR count). The fourth-order valence-corrected chi connectivity index (χ4v) is 2.12. The Morgan fingerprint density at radius 3 is 2.74 bits per heavy atom. The van der Waals surface area contributed by atoms with Crippen LogP contribution in [-0.4, -0.2) is 11.7 Å². The molecule has 0 fully saturated rings. The summed E-state index contributed by atoms with van der Waals surface area (Å²) in [6.07, 6.45) is 4.21. The van der Waals surface area contributed by atoms with Gasteiger partial charge in [0.2, 0.25) is 0 Å². The van der Waals surface area contributed by atoms with Crippen molar-refractivity contribution in [2.45, 2.75) is 26.4 Å². The predicted octanol–water partition coefficient (Wildman–Crippen LogP) is 3.20. The summed E-state index contributed by atoms with van der Waals surface area (Å²) in [5.74, 6) is 1.34. The average molecular weight is 258 g/mol. The lowest BCUT2D eigenvalue weighted by Crippen LogP contribution is -2.15. The molecule has 0 aliphatic carbocycles. The Hall–Kier alpha value is -1.74. The van der Waals surface area contributed by atoms with Crippen LogP contribution in [0, 0.1) is 5.92 Å². The maximum atomic E-state index is 6.16. The van der Waals surface area contributed by atoms with Gasteiger partial charge in [0.05, 0.1) is 7.11 Å². The van der Waals surface area contributed by atoms with Crippen molar-refractivity contribution in [3.8, 4) is 5.75 Å². The zero-order chi connectivity index (χ0) is 13.8. The Bertz CT molecular complexity index is 531. The highest BCUT2D eigenvalue weighted by Crippen LogP contribution is 2.20. The molecular weight excluding hydrogens is 236 g/mol. The van der Waals surface area contributed by atoms with Gasteiger partial charge in [-0.2, -0.15) is 0 Å². The molecule has 0 aliphatic heterocycles. The molecule has 0 radical (unpaired) electrons. The van der Waals surface area contributed by atoms with Crippen LogP contribution in [0.25, 0.3) is 0 Å². The maximum absolute atomic E-state index is 6.16. The quantitative estimate of drug-likeness (QED) is 0.894. The van der Waals surface area contributed by atoms with Crippen molar-refractivity contribution in [1.82, 2.24) is 4.57 Å². The van der Waals surface area contributed by atoms with E-state index < -0.39 is 0 Å². The highest BCUT2D eigenvalue weighted by Gasteiger charge is 2.11. The Morgan fingerprint density at radius 2 is 2.05 bits per heavy atom. The van der Waals surface area contributed by atoms with E-state index in [0.29, 0.717) is 5.92 Å². The first-order chi connectivity index (χ1) is 9.10. The number of ether oxygens (including phenoxy) is 1. The predicted molar refractivity (Wildman–Crippen MR) is 78.3 cm³/mol. The van der Waals surface area contributed by atoms with E-state index in [-0.39, 0.29) is 6.04 Å². The van der Waals surface area contributed by atoms with Crippen LogP contribution in [0.15, 0.2) is 42.7 Å². The molecular formula is C16H22N2O. The fraction of sp³-hybridized carbons (Fsp3) is 0.375. The van der Waals surface area contributed by atoms with E-state index in [4.69, 9.17) is 10.5 Å². The van der Waals surface area contributed by atoms with Crippen LogP contribution in [-0.2, 0) is 6.54 Å². The number of hydrogen-bond acceptors (Lipinski definition) is 2. The van der Waals surface area contributed by atoms with Crippen LogP contribution in [0.3, 0.4) is 0 Å². The van der Waals surface area contributed by atoms with Gasteiger partial charge >= 0.3 is 0 Å². The minimum absolute atomic E-state index is 0.103. The van der Waals surface area contributed by atoms with Gasteiger partial charge in [0.25, 0.3) is 0 Å². The molecule has 1 aromatic heterocycles. The standard InChI is InChI=1S/C16H22N2O/c1-12(2)16(17)14-7-8-18(11-14)10-13-5-4-6-15(9-13)19-3/h4-9,11-12,16H,10,17H2,1-3H3. The van der Waals surface area contributed by atoms with Crippen LogP contribution in [0.1, 0.15) is 31.0 Å². The Morgan fingerprint density at radius 1 is 1.26 bits per heavy atom. The zero-order valence-corrected chi connectivity index (χ0v) is 11.8. The van der Waals surface area contributed by atoms with Crippen LogP contribution in [0.2, 0.25) is 0 Å². The summed E-state index contributed by atoms with van der Waals surface area (Å²) in [5, 5.41) is 0. The van der Waals surface area contributed by atoms with Gasteiger partial charge in [0, 0.05) is 25.0 Å². The second-order valence-electron chi connectivity index (χ2n) is 5.24. The monoisotopic (exact) mass is 258 g/mol. The highest BCUT2D eigenvalue weighted by atomic mass is 16.5. The van der Waals surface area contributed by atoms with Crippen molar-refractivity contribution in [2.75, 3.05) is 7.11 Å². The Labute approximate surface area is 115 Å². The summed E-state index contributed by atoms with van der Waals surface area (Å²) in [4.78, 5) is 0. The van der Waals surface area contributed by atoms with Crippen molar-refractivity contribution >= 4 is 0 Å². The van der Waals surface area contributed by atoms with E-state index in [1.54, 1.807) is 7.11 Å². The normalized spacial score (nSPS) is 12.7. The molecule has 2 aromatic rings. The lowest BCUT2D eigenvalue weighted by atomic mass is 10.00. The zero-order valence-electron chi connectivity index (χ0n) is 11.8. The third-order valence-corrected chi connectivity index (χ3v) is 3.38. The minimum Gasteiger partial charge on any atom is -0.497 e. The van der Waals surface area contributed by atoms with Crippen molar-refractivity contribution in [1.29, 1.82) is 0 Å². The van der Waals surface area contributed by atoms with E-state index in [1.807, 2.05) is 12.1 Å². The van der Waals surface area contributed by atoms with E-state index in [1.165, 1.54) is 11.1 Å². The Kier molecular flexibility index (Phi) is 4.27. The number of methoxy groups -OCH3 is 1. The highest BCUT2D eigenvalue weighted by molar-refractivity contribution is 5.29. The molecule has 0 amide bonds. The van der Waals surface area contributed by atoms with E-state index >= 15 is 0 Å². The van der Waals surface area contributed by atoms with Crippen molar-refractivity contribution in [3.63, 3.8) is 0 Å². The molecule has 1 aromatic carbocycles. The van der Waals surface area contributed by atoms with Gasteiger partial charge < -0.3 is 15.0 Å². The molecule has 1 unspecified atom stereocenters. The summed E-state index contributed by atoms with van der Waals surface area (Å²) < 4.78 is 7.40. The molecule has 0 saturated carbocycles. The van der Waals surface area contributed by atoms with Gasteiger partial charge in [-0.25, -0.2) is 0 Å². The van der Waals surface area contributed by atoms with Crippen molar-refractivity contribution in [2.24, 2.45) is 11.7 Å². The second-order valence-corrected chi connectivity index (χ2v) is 5.24. The molecule has 0 bridgehead atoms. The first-order valence-electron chi connectivity index (χ1n) is 6.64. The van der Waals surface area contributed by atoms with Gasteiger partial charge in [-0.05, 0) is 35.2 Å². The summed E-state index contributed by atoms with van der Waals surface area (Å²) in [6, 6.07) is 10.3.